The summed E-state index contributed by atoms with van der Waals surface area (Å²) in [5.74, 6) is -0.789. The van der Waals surface area contributed by atoms with Crippen molar-refractivity contribution < 1.29 is 9.59 Å². The van der Waals surface area contributed by atoms with Gasteiger partial charge >= 0.3 is 0 Å². The second kappa shape index (κ2) is 5.68. The lowest BCUT2D eigenvalue weighted by atomic mass is 10.1. The van der Waals surface area contributed by atoms with E-state index in [1.54, 1.807) is 10.7 Å². The summed E-state index contributed by atoms with van der Waals surface area (Å²) in [4.78, 5) is 22.9. The van der Waals surface area contributed by atoms with Crippen LogP contribution in [-0.4, -0.2) is 38.2 Å². The average Bonchev–Trinajstić information content (AvgIpc) is 3.15. The van der Waals surface area contributed by atoms with E-state index in [1.807, 2.05) is 24.3 Å². The average molecular weight is 298 g/mol. The maximum Gasteiger partial charge on any atom is 0.255 e. The van der Waals surface area contributed by atoms with Gasteiger partial charge in [-0.3, -0.25) is 14.7 Å². The predicted octanol–water partition coefficient (Wildman–Crippen LogP) is 0.330. The zero-order chi connectivity index (χ0) is 15.5. The number of fused-ring (bicyclic) bond motifs is 1. The highest BCUT2D eigenvalue weighted by Crippen LogP contribution is 2.21. The topological polar surface area (TPSA) is 118 Å². The third kappa shape index (κ3) is 2.53. The van der Waals surface area contributed by atoms with Gasteiger partial charge in [0.15, 0.2) is 0 Å². The summed E-state index contributed by atoms with van der Waals surface area (Å²) in [5.41, 5.74) is 7.62. The Morgan fingerprint density at radius 1 is 1.32 bits per heavy atom. The number of nitrogens with two attached hydrogens (primary N) is 1. The monoisotopic (exact) mass is 298 g/mol. The zero-order valence-electron chi connectivity index (χ0n) is 11.6. The van der Waals surface area contributed by atoms with Crippen molar-refractivity contribution in [2.75, 3.05) is 6.54 Å². The highest BCUT2D eigenvalue weighted by atomic mass is 16.2. The molecule has 2 amide bonds. The van der Waals surface area contributed by atoms with E-state index < -0.39 is 5.91 Å². The number of nitrogens with one attached hydrogen (secondary N) is 2. The second-order valence-corrected chi connectivity index (χ2v) is 4.71. The maximum absolute atomic E-state index is 12.2. The smallest absolute Gasteiger partial charge is 0.255 e. The van der Waals surface area contributed by atoms with E-state index in [2.05, 4.69) is 20.6 Å². The van der Waals surface area contributed by atoms with Gasteiger partial charge in [0.2, 0.25) is 5.91 Å². The van der Waals surface area contributed by atoms with E-state index in [0.29, 0.717) is 11.3 Å². The van der Waals surface area contributed by atoms with E-state index in [4.69, 9.17) is 5.73 Å². The van der Waals surface area contributed by atoms with Crippen LogP contribution in [0.5, 0.6) is 0 Å². The Morgan fingerprint density at radius 2 is 2.18 bits per heavy atom. The van der Waals surface area contributed by atoms with Crippen LogP contribution in [0.2, 0.25) is 0 Å². The molecule has 0 unspecified atom stereocenters. The lowest BCUT2D eigenvalue weighted by molar-refractivity contribution is -0.117. The molecule has 3 rings (SSSR count). The number of carbonyl (C=O) groups is 2. The SMILES string of the molecule is NC(=O)CCNC(=O)c1cn[nH]c1-c1cccc2ccnn12. The van der Waals surface area contributed by atoms with Crippen LogP contribution in [0.4, 0.5) is 0 Å². The predicted molar refractivity (Wildman–Crippen MR) is 78.9 cm³/mol. The van der Waals surface area contributed by atoms with Crippen LogP contribution in [-0.2, 0) is 4.79 Å². The number of aromatic amines is 1. The number of hydrogen-bond donors (Lipinski definition) is 3. The van der Waals surface area contributed by atoms with E-state index in [1.165, 1.54) is 6.20 Å². The van der Waals surface area contributed by atoms with E-state index in [-0.39, 0.29) is 18.9 Å². The van der Waals surface area contributed by atoms with Gasteiger partial charge in [-0.2, -0.15) is 10.2 Å². The van der Waals surface area contributed by atoms with Gasteiger partial charge in [0.1, 0.15) is 0 Å². The third-order valence-electron chi connectivity index (χ3n) is 3.22. The van der Waals surface area contributed by atoms with Gasteiger partial charge in [0.25, 0.3) is 5.91 Å². The highest BCUT2D eigenvalue weighted by molar-refractivity contribution is 5.99. The van der Waals surface area contributed by atoms with Crippen LogP contribution < -0.4 is 11.1 Å². The number of hydrogen-bond acceptors (Lipinski definition) is 4. The molecule has 8 nitrogen and oxygen atoms in total. The molecule has 4 N–H and O–H groups in total. The van der Waals surface area contributed by atoms with Gasteiger partial charge in [0.05, 0.1) is 34.9 Å². The summed E-state index contributed by atoms with van der Waals surface area (Å²) in [6, 6.07) is 7.50. The third-order valence-corrected chi connectivity index (χ3v) is 3.22. The molecule has 3 heterocycles. The van der Waals surface area contributed by atoms with Gasteiger partial charge in [0, 0.05) is 13.0 Å². The first-order chi connectivity index (χ1) is 10.7. The molecule has 0 aliphatic rings. The van der Waals surface area contributed by atoms with Crippen molar-refractivity contribution in [1.29, 1.82) is 0 Å². The molecule has 0 aliphatic heterocycles. The van der Waals surface area contributed by atoms with Crippen LogP contribution in [0.15, 0.2) is 36.7 Å². The van der Waals surface area contributed by atoms with Gasteiger partial charge < -0.3 is 11.1 Å². The minimum atomic E-state index is -0.464. The molecule has 112 valence electrons. The van der Waals surface area contributed by atoms with Crippen molar-refractivity contribution in [3.63, 3.8) is 0 Å². The Balaban J connectivity index is 1.90. The Labute approximate surface area is 125 Å². The number of aromatic nitrogens is 4. The molecule has 8 heteroatoms. The summed E-state index contributed by atoms with van der Waals surface area (Å²) < 4.78 is 1.72. The molecule has 3 aromatic rings. The molecule has 0 fully saturated rings. The molecule has 0 aliphatic carbocycles. The first-order valence-corrected chi connectivity index (χ1v) is 6.70. The molecule has 0 spiro atoms. The molecule has 22 heavy (non-hydrogen) atoms. The lowest BCUT2D eigenvalue weighted by Gasteiger charge is -2.06. The van der Waals surface area contributed by atoms with Gasteiger partial charge in [-0.15, -0.1) is 0 Å². The summed E-state index contributed by atoms with van der Waals surface area (Å²) in [6.07, 6.45) is 3.22. The lowest BCUT2D eigenvalue weighted by Crippen LogP contribution is -2.28. The highest BCUT2D eigenvalue weighted by Gasteiger charge is 2.17. The maximum atomic E-state index is 12.2. The molecule has 0 saturated heterocycles. The number of pyridine rings is 1. The van der Waals surface area contributed by atoms with Crippen molar-refractivity contribution in [3.05, 3.63) is 42.2 Å². The van der Waals surface area contributed by atoms with E-state index in [0.717, 1.165) is 11.2 Å². The van der Waals surface area contributed by atoms with Crippen LogP contribution in [0, 0.1) is 0 Å². The molecular weight excluding hydrogens is 284 g/mol. The Kier molecular flexibility index (Phi) is 3.57. The standard InChI is InChI=1S/C14H14N6O2/c15-12(21)5-6-16-14(22)10-8-17-19-13(10)11-3-1-2-9-4-7-18-20(9)11/h1-4,7-8H,5-6H2,(H2,15,21)(H,16,22)(H,17,19). The normalized spacial score (nSPS) is 10.7. The summed E-state index contributed by atoms with van der Waals surface area (Å²) >= 11 is 0. The first kappa shape index (κ1) is 13.8. The number of rotatable bonds is 5. The molecule has 0 atom stereocenters. The number of nitrogens with zero attached hydrogens (tertiary/aromatic N) is 3. The van der Waals surface area contributed by atoms with Crippen molar-refractivity contribution in [2.45, 2.75) is 6.42 Å². The van der Waals surface area contributed by atoms with Crippen molar-refractivity contribution in [1.82, 2.24) is 25.1 Å². The summed E-state index contributed by atoms with van der Waals surface area (Å²) in [5, 5.41) is 13.6. The minimum Gasteiger partial charge on any atom is -0.370 e. The fourth-order valence-electron chi connectivity index (χ4n) is 2.19. The number of primary amides is 1. The Hall–Kier alpha value is -3.16. The molecule has 0 aromatic carbocycles. The molecule has 3 aromatic heterocycles. The summed E-state index contributed by atoms with van der Waals surface area (Å²) in [6.45, 7) is 0.185. The molecule has 0 radical (unpaired) electrons. The van der Waals surface area contributed by atoms with Gasteiger partial charge in [-0.05, 0) is 18.2 Å². The minimum absolute atomic E-state index is 0.0909. The Bertz CT molecular complexity index is 835. The Morgan fingerprint density at radius 3 is 3.00 bits per heavy atom. The number of carbonyl (C=O) groups excluding carboxylic acids is 2. The van der Waals surface area contributed by atoms with E-state index >= 15 is 0 Å². The van der Waals surface area contributed by atoms with Crippen LogP contribution in [0.25, 0.3) is 16.9 Å². The molecular formula is C14H14N6O2. The zero-order valence-corrected chi connectivity index (χ0v) is 11.6. The van der Waals surface area contributed by atoms with Crippen molar-refractivity contribution >= 4 is 17.3 Å². The number of amides is 2. The van der Waals surface area contributed by atoms with Crippen LogP contribution in [0.1, 0.15) is 16.8 Å². The first-order valence-electron chi connectivity index (χ1n) is 6.70. The van der Waals surface area contributed by atoms with Crippen LogP contribution in [0.3, 0.4) is 0 Å². The van der Waals surface area contributed by atoms with E-state index in [9.17, 15) is 9.59 Å². The van der Waals surface area contributed by atoms with Gasteiger partial charge in [-0.1, -0.05) is 6.07 Å². The molecule has 0 saturated carbocycles. The quantitative estimate of drug-likeness (QED) is 0.629. The fraction of sp³-hybridized carbons (Fsp3) is 0.143. The fourth-order valence-corrected chi connectivity index (χ4v) is 2.19. The molecule has 0 bridgehead atoms. The summed E-state index contributed by atoms with van der Waals surface area (Å²) in [7, 11) is 0. The number of H-pyrrole nitrogens is 1. The van der Waals surface area contributed by atoms with Crippen molar-refractivity contribution in [3.8, 4) is 11.4 Å². The van der Waals surface area contributed by atoms with Crippen LogP contribution >= 0.6 is 0 Å². The largest absolute Gasteiger partial charge is 0.370 e. The van der Waals surface area contributed by atoms with Crippen molar-refractivity contribution in [2.24, 2.45) is 5.73 Å². The second-order valence-electron chi connectivity index (χ2n) is 4.71. The van der Waals surface area contributed by atoms with Gasteiger partial charge in [-0.25, -0.2) is 4.52 Å².